The zero-order valence-electron chi connectivity index (χ0n) is 12.9. The van der Waals surface area contributed by atoms with Crippen molar-refractivity contribution in [2.45, 2.75) is 47.1 Å². The summed E-state index contributed by atoms with van der Waals surface area (Å²) in [6, 6.07) is 2.27. The summed E-state index contributed by atoms with van der Waals surface area (Å²) in [6.45, 7) is 11.0. The number of likely N-dealkylation sites (tertiary alicyclic amines) is 1. The number of piperidine rings is 1. The van der Waals surface area contributed by atoms with Gasteiger partial charge in [-0.15, -0.1) is 11.3 Å². The van der Waals surface area contributed by atoms with E-state index >= 15 is 0 Å². The van der Waals surface area contributed by atoms with Crippen LogP contribution in [0.1, 0.15) is 42.0 Å². The van der Waals surface area contributed by atoms with Crippen molar-refractivity contribution in [2.24, 2.45) is 11.3 Å². The average molecular weight is 295 g/mol. The Bertz CT molecular complexity index is 493. The lowest BCUT2D eigenvalue weighted by molar-refractivity contribution is -0.151. The number of nitrogens with zero attached hydrogens (tertiary/aromatic N) is 1. The SMILES string of the molecule is Cc1cc(CN2CCCC(C(C)(C)C(=O)O)C2)c(C)s1. The molecule has 2 rings (SSSR count). The first-order valence-electron chi connectivity index (χ1n) is 7.32. The molecule has 112 valence electrons. The number of carboxylic acid groups (broad SMARTS) is 1. The summed E-state index contributed by atoms with van der Waals surface area (Å²) in [6.07, 6.45) is 2.13. The van der Waals surface area contributed by atoms with Crippen LogP contribution < -0.4 is 0 Å². The van der Waals surface area contributed by atoms with Gasteiger partial charge in [0.05, 0.1) is 5.41 Å². The number of carbonyl (C=O) groups is 1. The number of hydrogen-bond acceptors (Lipinski definition) is 3. The second-order valence-electron chi connectivity index (χ2n) is 6.54. The van der Waals surface area contributed by atoms with Gasteiger partial charge in [0.15, 0.2) is 0 Å². The Kier molecular flexibility index (Phi) is 4.55. The molecule has 0 aliphatic carbocycles. The van der Waals surface area contributed by atoms with Crippen molar-refractivity contribution in [1.29, 1.82) is 0 Å². The molecule has 3 nitrogen and oxygen atoms in total. The molecule has 20 heavy (non-hydrogen) atoms. The lowest BCUT2D eigenvalue weighted by Crippen LogP contribution is -2.44. The Labute approximate surface area is 125 Å². The highest BCUT2D eigenvalue weighted by atomic mass is 32.1. The van der Waals surface area contributed by atoms with E-state index in [2.05, 4.69) is 24.8 Å². The van der Waals surface area contributed by atoms with Gasteiger partial charge in [0.1, 0.15) is 0 Å². The molecule has 1 unspecified atom stereocenters. The predicted molar refractivity (Wildman–Crippen MR) is 83.2 cm³/mol. The summed E-state index contributed by atoms with van der Waals surface area (Å²) in [7, 11) is 0. The minimum atomic E-state index is -0.674. The fourth-order valence-electron chi connectivity index (χ4n) is 3.04. The van der Waals surface area contributed by atoms with Crippen LogP contribution in [0.2, 0.25) is 0 Å². The Morgan fingerprint density at radius 1 is 1.50 bits per heavy atom. The Balaban J connectivity index is 2.04. The number of thiophene rings is 1. The van der Waals surface area contributed by atoms with Gasteiger partial charge < -0.3 is 5.11 Å². The maximum Gasteiger partial charge on any atom is 0.309 e. The van der Waals surface area contributed by atoms with E-state index < -0.39 is 11.4 Å². The third-order valence-corrected chi connectivity index (χ3v) is 5.62. The molecule has 1 aromatic rings. The third-order valence-electron chi connectivity index (χ3n) is 4.62. The standard InChI is InChI=1S/C16H25NO2S/c1-11-8-13(12(2)20-11)9-17-7-5-6-14(10-17)16(3,4)15(18)19/h8,14H,5-7,9-10H2,1-4H3,(H,18,19). The molecular weight excluding hydrogens is 270 g/mol. The molecule has 1 aliphatic rings. The first-order valence-corrected chi connectivity index (χ1v) is 8.14. The number of hydrogen-bond donors (Lipinski definition) is 1. The molecule has 2 heterocycles. The van der Waals surface area contributed by atoms with Crippen molar-refractivity contribution in [1.82, 2.24) is 4.90 Å². The van der Waals surface area contributed by atoms with Crippen LogP contribution >= 0.6 is 11.3 Å². The topological polar surface area (TPSA) is 40.5 Å². The molecule has 0 spiro atoms. The fourth-order valence-corrected chi connectivity index (χ4v) is 3.98. The summed E-state index contributed by atoms with van der Waals surface area (Å²) < 4.78 is 0. The van der Waals surface area contributed by atoms with Crippen molar-refractivity contribution >= 4 is 17.3 Å². The van der Waals surface area contributed by atoms with Gasteiger partial charge in [-0.3, -0.25) is 9.69 Å². The Morgan fingerprint density at radius 3 is 2.75 bits per heavy atom. The lowest BCUT2D eigenvalue weighted by atomic mass is 9.74. The number of rotatable bonds is 4. The van der Waals surface area contributed by atoms with E-state index in [-0.39, 0.29) is 5.92 Å². The molecule has 0 bridgehead atoms. The lowest BCUT2D eigenvalue weighted by Gasteiger charge is -2.39. The second-order valence-corrected chi connectivity index (χ2v) is 8.00. The number of aliphatic carboxylic acids is 1. The minimum absolute atomic E-state index is 0.244. The molecule has 0 saturated carbocycles. The van der Waals surface area contributed by atoms with Gasteiger partial charge in [0.25, 0.3) is 0 Å². The van der Waals surface area contributed by atoms with E-state index in [1.54, 1.807) is 0 Å². The van der Waals surface area contributed by atoms with Crippen molar-refractivity contribution < 1.29 is 9.90 Å². The highest BCUT2D eigenvalue weighted by Crippen LogP contribution is 2.35. The smallest absolute Gasteiger partial charge is 0.309 e. The third kappa shape index (κ3) is 3.23. The van der Waals surface area contributed by atoms with Crippen molar-refractivity contribution in [2.75, 3.05) is 13.1 Å². The zero-order chi connectivity index (χ0) is 14.9. The van der Waals surface area contributed by atoms with Crippen molar-refractivity contribution in [3.05, 3.63) is 21.4 Å². The number of aryl methyl sites for hydroxylation is 2. The summed E-state index contributed by atoms with van der Waals surface area (Å²) >= 11 is 1.85. The first-order chi connectivity index (χ1) is 9.30. The molecule has 1 aliphatic heterocycles. The van der Waals surface area contributed by atoms with Crippen molar-refractivity contribution in [3.63, 3.8) is 0 Å². The molecule has 4 heteroatoms. The van der Waals surface area contributed by atoms with E-state index in [1.807, 2.05) is 25.2 Å². The van der Waals surface area contributed by atoms with E-state index in [9.17, 15) is 9.90 Å². The molecule has 0 aromatic carbocycles. The Hall–Kier alpha value is -0.870. The van der Waals surface area contributed by atoms with Crippen LogP contribution in [-0.4, -0.2) is 29.1 Å². The van der Waals surface area contributed by atoms with E-state index in [1.165, 1.54) is 15.3 Å². The first kappa shape index (κ1) is 15.5. The molecular formula is C16H25NO2S. The van der Waals surface area contributed by atoms with Crippen LogP contribution in [0.5, 0.6) is 0 Å². The number of carboxylic acids is 1. The predicted octanol–water partition coefficient (Wildman–Crippen LogP) is 3.69. The van der Waals surface area contributed by atoms with Crippen LogP contribution in [0.4, 0.5) is 0 Å². The van der Waals surface area contributed by atoms with E-state index in [0.717, 1.165) is 32.5 Å². The molecule has 1 aromatic heterocycles. The average Bonchev–Trinajstić information content (AvgIpc) is 2.68. The summed E-state index contributed by atoms with van der Waals surface area (Å²) in [5, 5.41) is 9.40. The minimum Gasteiger partial charge on any atom is -0.481 e. The molecule has 0 radical (unpaired) electrons. The van der Waals surface area contributed by atoms with Crippen LogP contribution in [0, 0.1) is 25.2 Å². The molecule has 1 N–H and O–H groups in total. The van der Waals surface area contributed by atoms with Gasteiger partial charge in [-0.25, -0.2) is 0 Å². The van der Waals surface area contributed by atoms with Gasteiger partial charge in [0, 0.05) is 22.8 Å². The highest BCUT2D eigenvalue weighted by molar-refractivity contribution is 7.12. The summed E-state index contributed by atoms with van der Waals surface area (Å²) in [5.74, 6) is -0.430. The monoisotopic (exact) mass is 295 g/mol. The maximum atomic E-state index is 11.4. The normalized spacial score (nSPS) is 21.1. The van der Waals surface area contributed by atoms with Crippen LogP contribution in [-0.2, 0) is 11.3 Å². The van der Waals surface area contributed by atoms with Crippen LogP contribution in [0.15, 0.2) is 6.07 Å². The molecule has 1 fully saturated rings. The highest BCUT2D eigenvalue weighted by Gasteiger charge is 2.39. The summed E-state index contributed by atoms with van der Waals surface area (Å²) in [5.41, 5.74) is 0.777. The fraction of sp³-hybridized carbons (Fsp3) is 0.688. The summed E-state index contributed by atoms with van der Waals surface area (Å²) in [4.78, 5) is 16.6. The van der Waals surface area contributed by atoms with Gasteiger partial charge in [-0.1, -0.05) is 0 Å². The molecule has 0 amide bonds. The molecule has 1 atom stereocenters. The largest absolute Gasteiger partial charge is 0.481 e. The second kappa shape index (κ2) is 5.86. The van der Waals surface area contributed by atoms with Crippen molar-refractivity contribution in [3.8, 4) is 0 Å². The molecule has 1 saturated heterocycles. The zero-order valence-corrected chi connectivity index (χ0v) is 13.7. The van der Waals surface area contributed by atoms with Gasteiger partial charge >= 0.3 is 5.97 Å². The van der Waals surface area contributed by atoms with E-state index in [0.29, 0.717) is 0 Å². The maximum absolute atomic E-state index is 11.4. The van der Waals surface area contributed by atoms with Crippen LogP contribution in [0.3, 0.4) is 0 Å². The van der Waals surface area contributed by atoms with Crippen LogP contribution in [0.25, 0.3) is 0 Å². The van der Waals surface area contributed by atoms with Gasteiger partial charge in [0.2, 0.25) is 0 Å². The van der Waals surface area contributed by atoms with Gasteiger partial charge in [-0.2, -0.15) is 0 Å². The Morgan fingerprint density at radius 2 is 2.20 bits per heavy atom. The quantitative estimate of drug-likeness (QED) is 0.921. The van der Waals surface area contributed by atoms with Gasteiger partial charge in [-0.05, 0) is 64.6 Å². The van der Waals surface area contributed by atoms with E-state index in [4.69, 9.17) is 0 Å².